The summed E-state index contributed by atoms with van der Waals surface area (Å²) in [7, 11) is 0. The summed E-state index contributed by atoms with van der Waals surface area (Å²) in [5.41, 5.74) is 0.341. The lowest BCUT2D eigenvalue weighted by molar-refractivity contribution is 0.0191. The maximum Gasteiger partial charge on any atom is 0.272 e. The van der Waals surface area contributed by atoms with Gasteiger partial charge in [0.1, 0.15) is 12.3 Å². The third-order valence-corrected chi connectivity index (χ3v) is 3.01. The summed E-state index contributed by atoms with van der Waals surface area (Å²) in [5, 5.41) is 3.77. The van der Waals surface area contributed by atoms with E-state index in [0.717, 1.165) is 6.42 Å². The standard InChI is InChI=1S/C13H14F2N4O4/c14-10(15)6-22-11-4-16-9(3-17-11)13-18-12(23-19-13)7-21-8-1-2-20-5-8/h3-4,8,10H,1-2,5-7H2. The van der Waals surface area contributed by atoms with E-state index in [0.29, 0.717) is 24.8 Å². The number of aromatic nitrogens is 4. The molecule has 0 saturated carbocycles. The molecule has 23 heavy (non-hydrogen) atoms. The third-order valence-electron chi connectivity index (χ3n) is 3.01. The molecule has 1 unspecified atom stereocenters. The molecular weight excluding hydrogens is 314 g/mol. The van der Waals surface area contributed by atoms with E-state index < -0.39 is 13.0 Å². The molecule has 1 saturated heterocycles. The van der Waals surface area contributed by atoms with Crippen LogP contribution in [0.1, 0.15) is 12.3 Å². The van der Waals surface area contributed by atoms with Crippen LogP contribution in [0, 0.1) is 0 Å². The van der Waals surface area contributed by atoms with Gasteiger partial charge in [0.2, 0.25) is 11.7 Å². The highest BCUT2D eigenvalue weighted by atomic mass is 19.3. The fraction of sp³-hybridized carbons (Fsp3) is 0.538. The average molecular weight is 328 g/mol. The fourth-order valence-electron chi connectivity index (χ4n) is 1.91. The van der Waals surface area contributed by atoms with Crippen LogP contribution in [-0.2, 0) is 16.1 Å². The minimum Gasteiger partial charge on any atom is -0.470 e. The van der Waals surface area contributed by atoms with Crippen molar-refractivity contribution in [3.05, 3.63) is 18.3 Å². The number of ether oxygens (including phenoxy) is 3. The van der Waals surface area contributed by atoms with Crippen LogP contribution in [0.25, 0.3) is 11.5 Å². The van der Waals surface area contributed by atoms with Crippen LogP contribution in [0.4, 0.5) is 8.78 Å². The Balaban J connectivity index is 1.56. The molecule has 124 valence electrons. The van der Waals surface area contributed by atoms with Gasteiger partial charge in [0.15, 0.2) is 6.61 Å². The van der Waals surface area contributed by atoms with E-state index in [1.165, 1.54) is 12.4 Å². The Hall–Kier alpha value is -2.20. The Labute approximate surface area is 129 Å². The molecule has 1 fully saturated rings. The molecule has 0 aromatic carbocycles. The second-order valence-corrected chi connectivity index (χ2v) is 4.75. The highest BCUT2D eigenvalue weighted by Crippen LogP contribution is 2.16. The van der Waals surface area contributed by atoms with Gasteiger partial charge < -0.3 is 18.7 Å². The Morgan fingerprint density at radius 3 is 2.91 bits per heavy atom. The van der Waals surface area contributed by atoms with Crippen molar-refractivity contribution in [2.45, 2.75) is 25.6 Å². The van der Waals surface area contributed by atoms with E-state index >= 15 is 0 Å². The van der Waals surface area contributed by atoms with Crippen LogP contribution >= 0.6 is 0 Å². The number of rotatable bonds is 7. The Morgan fingerprint density at radius 2 is 2.22 bits per heavy atom. The fourth-order valence-corrected chi connectivity index (χ4v) is 1.91. The van der Waals surface area contributed by atoms with Crippen molar-refractivity contribution in [3.8, 4) is 17.4 Å². The minimum atomic E-state index is -2.57. The van der Waals surface area contributed by atoms with E-state index in [1.54, 1.807) is 0 Å². The van der Waals surface area contributed by atoms with E-state index in [1.807, 2.05) is 0 Å². The highest BCUT2D eigenvalue weighted by Gasteiger charge is 2.18. The molecule has 10 heteroatoms. The maximum atomic E-state index is 12.0. The van der Waals surface area contributed by atoms with Crippen molar-refractivity contribution in [1.29, 1.82) is 0 Å². The molecule has 2 aromatic heterocycles. The van der Waals surface area contributed by atoms with Crippen LogP contribution in [-0.4, -0.2) is 52.5 Å². The van der Waals surface area contributed by atoms with Gasteiger partial charge in [-0.15, -0.1) is 0 Å². The second-order valence-electron chi connectivity index (χ2n) is 4.75. The molecule has 0 amide bonds. The first-order valence-electron chi connectivity index (χ1n) is 6.96. The molecule has 3 rings (SSSR count). The van der Waals surface area contributed by atoms with Crippen molar-refractivity contribution in [2.75, 3.05) is 19.8 Å². The van der Waals surface area contributed by atoms with E-state index in [-0.39, 0.29) is 24.4 Å². The predicted octanol–water partition coefficient (Wildman–Crippen LogP) is 1.48. The highest BCUT2D eigenvalue weighted by molar-refractivity contribution is 5.46. The van der Waals surface area contributed by atoms with Crippen LogP contribution in [0.15, 0.2) is 16.9 Å². The summed E-state index contributed by atoms with van der Waals surface area (Å²) in [6.07, 6.45) is 0.853. The lowest BCUT2D eigenvalue weighted by atomic mass is 10.3. The molecule has 1 aliphatic heterocycles. The van der Waals surface area contributed by atoms with Crippen molar-refractivity contribution in [3.63, 3.8) is 0 Å². The molecule has 1 atom stereocenters. The second kappa shape index (κ2) is 7.38. The van der Waals surface area contributed by atoms with Crippen LogP contribution in [0.5, 0.6) is 5.88 Å². The van der Waals surface area contributed by atoms with Gasteiger partial charge in [0.25, 0.3) is 12.3 Å². The van der Waals surface area contributed by atoms with Gasteiger partial charge in [0, 0.05) is 6.61 Å². The molecule has 2 aromatic rings. The zero-order valence-electron chi connectivity index (χ0n) is 12.0. The Kier molecular flexibility index (Phi) is 5.03. The smallest absolute Gasteiger partial charge is 0.272 e. The molecule has 1 aliphatic rings. The Bertz CT molecular complexity index is 617. The summed E-state index contributed by atoms with van der Waals surface area (Å²) in [6.45, 7) is 0.703. The first-order chi connectivity index (χ1) is 11.2. The van der Waals surface area contributed by atoms with Crippen molar-refractivity contribution in [2.24, 2.45) is 0 Å². The first-order valence-corrected chi connectivity index (χ1v) is 6.96. The van der Waals surface area contributed by atoms with Gasteiger partial charge in [0.05, 0.1) is 25.1 Å². The Morgan fingerprint density at radius 1 is 1.30 bits per heavy atom. The molecular formula is C13H14F2N4O4. The zero-order valence-corrected chi connectivity index (χ0v) is 12.0. The number of alkyl halides is 2. The predicted molar refractivity (Wildman–Crippen MR) is 70.8 cm³/mol. The molecule has 0 radical (unpaired) electrons. The monoisotopic (exact) mass is 328 g/mol. The van der Waals surface area contributed by atoms with Gasteiger partial charge in [-0.05, 0) is 6.42 Å². The maximum absolute atomic E-state index is 12.0. The lowest BCUT2D eigenvalue weighted by Crippen LogP contribution is -2.11. The summed E-state index contributed by atoms with van der Waals surface area (Å²) < 4.78 is 44.6. The van der Waals surface area contributed by atoms with Crippen molar-refractivity contribution < 1.29 is 27.5 Å². The summed E-state index contributed by atoms with van der Waals surface area (Å²) >= 11 is 0. The molecule has 0 spiro atoms. The SMILES string of the molecule is FC(F)COc1cnc(-c2noc(COC3CCOC3)n2)cn1. The topological polar surface area (TPSA) is 92.4 Å². The van der Waals surface area contributed by atoms with Crippen LogP contribution < -0.4 is 4.74 Å². The number of hydrogen-bond acceptors (Lipinski definition) is 8. The quantitative estimate of drug-likeness (QED) is 0.754. The lowest BCUT2D eigenvalue weighted by Gasteiger charge is -2.05. The largest absolute Gasteiger partial charge is 0.470 e. The van der Waals surface area contributed by atoms with Crippen molar-refractivity contribution >= 4 is 0 Å². The first kappa shape index (κ1) is 15.7. The van der Waals surface area contributed by atoms with Gasteiger partial charge >= 0.3 is 0 Å². The number of hydrogen-bond donors (Lipinski definition) is 0. The molecule has 0 bridgehead atoms. The number of halogens is 2. The van der Waals surface area contributed by atoms with Gasteiger partial charge in [-0.1, -0.05) is 5.16 Å². The number of nitrogens with zero attached hydrogens (tertiary/aromatic N) is 4. The van der Waals surface area contributed by atoms with Gasteiger partial charge in [-0.3, -0.25) is 0 Å². The molecule has 0 aliphatic carbocycles. The van der Waals surface area contributed by atoms with Crippen molar-refractivity contribution in [1.82, 2.24) is 20.1 Å². The van der Waals surface area contributed by atoms with E-state index in [2.05, 4.69) is 20.1 Å². The summed E-state index contributed by atoms with van der Waals surface area (Å²) in [4.78, 5) is 12.0. The van der Waals surface area contributed by atoms with E-state index in [4.69, 9.17) is 18.7 Å². The molecule has 8 nitrogen and oxygen atoms in total. The minimum absolute atomic E-state index is 0.00216. The van der Waals surface area contributed by atoms with E-state index in [9.17, 15) is 8.78 Å². The normalized spacial score (nSPS) is 17.8. The molecule has 0 N–H and O–H groups in total. The van der Waals surface area contributed by atoms with Crippen LogP contribution in [0.2, 0.25) is 0 Å². The van der Waals surface area contributed by atoms with Gasteiger partial charge in [-0.2, -0.15) is 4.98 Å². The molecule has 3 heterocycles. The third kappa shape index (κ3) is 4.39. The van der Waals surface area contributed by atoms with Crippen LogP contribution in [0.3, 0.4) is 0 Å². The zero-order chi connectivity index (χ0) is 16.1. The average Bonchev–Trinajstić information content (AvgIpc) is 3.23. The summed E-state index contributed by atoms with van der Waals surface area (Å²) in [5.74, 6) is 0.549. The van der Waals surface area contributed by atoms with Gasteiger partial charge in [-0.25, -0.2) is 18.7 Å². The summed E-state index contributed by atoms with van der Waals surface area (Å²) in [6, 6.07) is 0.